The molecule has 6 nitrogen and oxygen atoms in total. The molecule has 1 amide bonds. The first kappa shape index (κ1) is 20.2. The smallest absolute Gasteiger partial charge is 0.243 e. The minimum absolute atomic E-state index is 0.0390. The molecule has 0 N–H and O–H groups in total. The molecular formula is C19H28FN3O3S. The molecule has 0 radical (unpaired) electrons. The van der Waals surface area contributed by atoms with Crippen molar-refractivity contribution in [3.63, 3.8) is 0 Å². The topological polar surface area (TPSA) is 60.9 Å². The second-order valence-corrected chi connectivity index (χ2v) is 9.22. The summed E-state index contributed by atoms with van der Waals surface area (Å²) in [6.07, 6.45) is 5.99. The summed E-state index contributed by atoms with van der Waals surface area (Å²) in [5.41, 5.74) is 0. The van der Waals surface area contributed by atoms with Crippen LogP contribution >= 0.6 is 0 Å². The first-order chi connectivity index (χ1) is 13.0. The molecule has 1 aromatic carbocycles. The molecule has 0 aromatic heterocycles. The van der Waals surface area contributed by atoms with Crippen LogP contribution in [0.25, 0.3) is 0 Å². The molecule has 2 aliphatic heterocycles. The van der Waals surface area contributed by atoms with E-state index in [1.54, 1.807) is 4.90 Å². The summed E-state index contributed by atoms with van der Waals surface area (Å²) < 4.78 is 40.0. The minimum Gasteiger partial charge on any atom is -0.339 e. The van der Waals surface area contributed by atoms with Crippen molar-refractivity contribution in [2.75, 3.05) is 45.8 Å². The molecule has 2 heterocycles. The van der Waals surface area contributed by atoms with Gasteiger partial charge >= 0.3 is 0 Å². The van der Waals surface area contributed by atoms with Crippen LogP contribution in [0.2, 0.25) is 0 Å². The van der Waals surface area contributed by atoms with Gasteiger partial charge in [-0.3, -0.25) is 9.69 Å². The van der Waals surface area contributed by atoms with E-state index in [0.29, 0.717) is 19.6 Å². The second kappa shape index (κ2) is 9.12. The highest BCUT2D eigenvalue weighted by Crippen LogP contribution is 2.19. The standard InChI is InChI=1S/C19H28FN3O3S/c20-17-7-6-8-18(15-17)27(25,26)23-13-11-22(12-14-23)19(24)16-21-9-4-2-1-3-5-10-21/h6-8,15H,1-5,9-14,16H2. The van der Waals surface area contributed by atoms with Gasteiger partial charge in [-0.25, -0.2) is 12.8 Å². The number of hydrogen-bond acceptors (Lipinski definition) is 4. The summed E-state index contributed by atoms with van der Waals surface area (Å²) in [5.74, 6) is -0.503. The highest BCUT2D eigenvalue weighted by molar-refractivity contribution is 7.89. The van der Waals surface area contributed by atoms with Gasteiger partial charge in [0.2, 0.25) is 15.9 Å². The van der Waals surface area contributed by atoms with Gasteiger partial charge < -0.3 is 4.90 Å². The quantitative estimate of drug-likeness (QED) is 0.779. The van der Waals surface area contributed by atoms with Crippen molar-refractivity contribution in [2.45, 2.75) is 37.0 Å². The number of piperazine rings is 1. The van der Waals surface area contributed by atoms with Crippen molar-refractivity contribution >= 4 is 15.9 Å². The van der Waals surface area contributed by atoms with Crippen LogP contribution in [0.3, 0.4) is 0 Å². The van der Waals surface area contributed by atoms with E-state index in [1.165, 1.54) is 41.8 Å². The van der Waals surface area contributed by atoms with Gasteiger partial charge in [0.15, 0.2) is 0 Å². The zero-order valence-corrected chi connectivity index (χ0v) is 16.5. The molecule has 0 unspecified atom stereocenters. The Morgan fingerprint density at radius 2 is 1.56 bits per heavy atom. The summed E-state index contributed by atoms with van der Waals surface area (Å²) in [6, 6.07) is 5.05. The average Bonchev–Trinajstić information content (AvgIpc) is 2.64. The maximum atomic E-state index is 13.4. The van der Waals surface area contributed by atoms with Gasteiger partial charge in [0.1, 0.15) is 5.82 Å². The summed E-state index contributed by atoms with van der Waals surface area (Å²) in [6.45, 7) is 3.56. The molecule has 0 spiro atoms. The zero-order valence-electron chi connectivity index (χ0n) is 15.6. The molecule has 0 saturated carbocycles. The highest BCUT2D eigenvalue weighted by Gasteiger charge is 2.30. The van der Waals surface area contributed by atoms with Crippen LogP contribution in [-0.2, 0) is 14.8 Å². The number of benzene rings is 1. The fourth-order valence-corrected chi connectivity index (χ4v) is 5.17. The number of rotatable bonds is 4. The van der Waals surface area contributed by atoms with Gasteiger partial charge in [0.25, 0.3) is 0 Å². The van der Waals surface area contributed by atoms with E-state index in [1.807, 2.05) is 0 Å². The molecule has 3 rings (SSSR count). The normalized spacial score (nSPS) is 20.9. The van der Waals surface area contributed by atoms with Crippen molar-refractivity contribution in [2.24, 2.45) is 0 Å². The lowest BCUT2D eigenvalue weighted by Gasteiger charge is -2.35. The largest absolute Gasteiger partial charge is 0.339 e. The van der Waals surface area contributed by atoms with Crippen molar-refractivity contribution in [1.82, 2.24) is 14.1 Å². The lowest BCUT2D eigenvalue weighted by Crippen LogP contribution is -2.52. The van der Waals surface area contributed by atoms with Gasteiger partial charge in [0, 0.05) is 26.2 Å². The van der Waals surface area contributed by atoms with Gasteiger partial charge in [-0.05, 0) is 44.1 Å². The van der Waals surface area contributed by atoms with E-state index >= 15 is 0 Å². The van der Waals surface area contributed by atoms with E-state index in [-0.39, 0.29) is 23.9 Å². The lowest BCUT2D eigenvalue weighted by molar-refractivity contribution is -0.133. The van der Waals surface area contributed by atoms with Crippen molar-refractivity contribution in [3.05, 3.63) is 30.1 Å². The average molecular weight is 398 g/mol. The number of hydrogen-bond donors (Lipinski definition) is 0. The van der Waals surface area contributed by atoms with E-state index < -0.39 is 15.8 Å². The van der Waals surface area contributed by atoms with Crippen molar-refractivity contribution in [3.8, 4) is 0 Å². The fourth-order valence-electron chi connectivity index (χ4n) is 3.72. The number of likely N-dealkylation sites (tertiary alicyclic amines) is 1. The third-order valence-corrected chi connectivity index (χ3v) is 7.23. The zero-order chi connectivity index (χ0) is 19.3. The lowest BCUT2D eigenvalue weighted by atomic mass is 10.1. The molecule has 0 atom stereocenters. The number of sulfonamides is 1. The summed E-state index contributed by atoms with van der Waals surface area (Å²) >= 11 is 0. The SMILES string of the molecule is O=C(CN1CCCCCCC1)N1CCN(S(=O)(=O)c2cccc(F)c2)CC1. The Balaban J connectivity index is 1.54. The number of halogens is 1. The van der Waals surface area contributed by atoms with Crippen LogP contribution in [0.4, 0.5) is 4.39 Å². The van der Waals surface area contributed by atoms with Gasteiger partial charge in [-0.15, -0.1) is 0 Å². The van der Waals surface area contributed by atoms with Crippen LogP contribution in [0.5, 0.6) is 0 Å². The molecule has 0 aliphatic carbocycles. The van der Waals surface area contributed by atoms with Crippen LogP contribution < -0.4 is 0 Å². The molecule has 27 heavy (non-hydrogen) atoms. The van der Waals surface area contributed by atoms with E-state index in [2.05, 4.69) is 4.90 Å². The number of carbonyl (C=O) groups excluding carboxylic acids is 1. The molecule has 1 aromatic rings. The second-order valence-electron chi connectivity index (χ2n) is 7.29. The monoisotopic (exact) mass is 397 g/mol. The predicted octanol–water partition coefficient (Wildman–Crippen LogP) is 1.92. The molecule has 0 bridgehead atoms. The molecular weight excluding hydrogens is 369 g/mol. The van der Waals surface area contributed by atoms with Gasteiger partial charge in [0.05, 0.1) is 11.4 Å². The number of amides is 1. The highest BCUT2D eigenvalue weighted by atomic mass is 32.2. The van der Waals surface area contributed by atoms with Crippen LogP contribution in [-0.4, -0.2) is 74.2 Å². The summed E-state index contributed by atoms with van der Waals surface area (Å²) in [4.78, 5) is 16.5. The van der Waals surface area contributed by atoms with Crippen molar-refractivity contribution < 1.29 is 17.6 Å². The van der Waals surface area contributed by atoms with E-state index in [4.69, 9.17) is 0 Å². The molecule has 2 fully saturated rings. The molecule has 2 aliphatic rings. The third kappa shape index (κ3) is 5.27. The first-order valence-electron chi connectivity index (χ1n) is 9.73. The van der Waals surface area contributed by atoms with Crippen LogP contribution in [0, 0.1) is 5.82 Å². The Bertz CT molecular complexity index is 740. The Labute approximate surface area is 161 Å². The Kier molecular flexibility index (Phi) is 6.83. The van der Waals surface area contributed by atoms with Crippen molar-refractivity contribution in [1.29, 1.82) is 0 Å². The Hall–Kier alpha value is -1.51. The van der Waals surface area contributed by atoms with E-state index in [0.717, 1.165) is 32.0 Å². The van der Waals surface area contributed by atoms with Gasteiger partial charge in [-0.2, -0.15) is 4.31 Å². The third-order valence-electron chi connectivity index (χ3n) is 5.33. The fraction of sp³-hybridized carbons (Fsp3) is 0.632. The minimum atomic E-state index is -3.72. The Morgan fingerprint density at radius 3 is 2.19 bits per heavy atom. The summed E-state index contributed by atoms with van der Waals surface area (Å²) in [5, 5.41) is 0. The summed E-state index contributed by atoms with van der Waals surface area (Å²) in [7, 11) is -3.72. The molecule has 2 saturated heterocycles. The number of nitrogens with zero attached hydrogens (tertiary/aromatic N) is 3. The first-order valence-corrected chi connectivity index (χ1v) is 11.2. The molecule has 8 heteroatoms. The maximum absolute atomic E-state index is 13.4. The van der Waals surface area contributed by atoms with Gasteiger partial charge in [-0.1, -0.05) is 25.3 Å². The number of carbonyl (C=O) groups is 1. The van der Waals surface area contributed by atoms with Crippen LogP contribution in [0.15, 0.2) is 29.2 Å². The maximum Gasteiger partial charge on any atom is 0.243 e. The van der Waals surface area contributed by atoms with Crippen LogP contribution in [0.1, 0.15) is 32.1 Å². The Morgan fingerprint density at radius 1 is 0.926 bits per heavy atom. The predicted molar refractivity (Wildman–Crippen MR) is 101 cm³/mol. The van der Waals surface area contributed by atoms with E-state index in [9.17, 15) is 17.6 Å². The molecule has 150 valence electrons.